The molecule has 0 aliphatic heterocycles. The van der Waals surface area contributed by atoms with Gasteiger partial charge in [0.25, 0.3) is 5.56 Å². The Morgan fingerprint density at radius 2 is 2.09 bits per heavy atom. The number of halogens is 2. The fourth-order valence-corrected chi connectivity index (χ4v) is 2.37. The van der Waals surface area contributed by atoms with E-state index < -0.39 is 5.95 Å². The van der Waals surface area contributed by atoms with E-state index in [9.17, 15) is 9.18 Å². The maximum Gasteiger partial charge on any atom is 0.260 e. The van der Waals surface area contributed by atoms with Gasteiger partial charge >= 0.3 is 0 Å². The fraction of sp³-hybridized carbons (Fsp3) is 0.188. The van der Waals surface area contributed by atoms with Crippen molar-refractivity contribution in [3.05, 3.63) is 69.1 Å². The molecule has 7 heteroatoms. The first-order chi connectivity index (χ1) is 11.1. The smallest absolute Gasteiger partial charge is 0.260 e. The van der Waals surface area contributed by atoms with Gasteiger partial charge in [-0.05, 0) is 36.2 Å². The lowest BCUT2D eigenvalue weighted by Gasteiger charge is -2.05. The van der Waals surface area contributed by atoms with E-state index in [1.54, 1.807) is 0 Å². The van der Waals surface area contributed by atoms with Crippen molar-refractivity contribution in [2.24, 2.45) is 0 Å². The first-order valence-corrected chi connectivity index (χ1v) is 7.37. The number of benzene rings is 1. The van der Waals surface area contributed by atoms with Crippen molar-refractivity contribution in [3.8, 4) is 0 Å². The van der Waals surface area contributed by atoms with Crippen molar-refractivity contribution in [1.29, 1.82) is 0 Å². The van der Waals surface area contributed by atoms with Gasteiger partial charge in [0.15, 0.2) is 5.65 Å². The van der Waals surface area contributed by atoms with Gasteiger partial charge in [-0.1, -0.05) is 23.7 Å². The molecule has 118 valence electrons. The van der Waals surface area contributed by atoms with Crippen LogP contribution < -0.4 is 5.56 Å². The van der Waals surface area contributed by atoms with Crippen LogP contribution in [0.15, 0.2) is 41.2 Å². The van der Waals surface area contributed by atoms with Gasteiger partial charge < -0.3 is 9.72 Å². The molecule has 1 N–H and O–H groups in total. The van der Waals surface area contributed by atoms with Crippen LogP contribution in [-0.4, -0.2) is 21.6 Å². The number of hydrogen-bond donors (Lipinski definition) is 1. The van der Waals surface area contributed by atoms with E-state index in [-0.39, 0.29) is 23.2 Å². The van der Waals surface area contributed by atoms with Crippen molar-refractivity contribution < 1.29 is 9.13 Å². The van der Waals surface area contributed by atoms with Crippen molar-refractivity contribution in [3.63, 3.8) is 0 Å². The molecule has 0 unspecified atom stereocenters. The van der Waals surface area contributed by atoms with E-state index >= 15 is 0 Å². The van der Waals surface area contributed by atoms with Crippen LogP contribution in [0.2, 0.25) is 5.02 Å². The Balaban J connectivity index is 1.64. The van der Waals surface area contributed by atoms with E-state index in [1.807, 2.05) is 24.3 Å². The number of fused-ring (bicyclic) bond motifs is 1. The molecular formula is C16H13ClFN3O2. The summed E-state index contributed by atoms with van der Waals surface area (Å²) in [6.45, 7) is 0.558. The zero-order valence-corrected chi connectivity index (χ0v) is 12.8. The van der Waals surface area contributed by atoms with Crippen LogP contribution in [0.1, 0.15) is 11.4 Å². The maximum absolute atomic E-state index is 13.1. The Morgan fingerprint density at radius 1 is 1.22 bits per heavy atom. The third-order valence-electron chi connectivity index (χ3n) is 3.25. The van der Waals surface area contributed by atoms with Gasteiger partial charge in [0, 0.05) is 5.02 Å². The Labute approximate surface area is 136 Å². The van der Waals surface area contributed by atoms with Crippen molar-refractivity contribution in [2.75, 3.05) is 6.61 Å². The van der Waals surface area contributed by atoms with Gasteiger partial charge in [-0.3, -0.25) is 4.79 Å². The lowest BCUT2D eigenvalue weighted by molar-refractivity contribution is 0.118. The normalized spacial score (nSPS) is 11.0. The largest absolute Gasteiger partial charge is 0.373 e. The molecule has 0 aliphatic carbocycles. The van der Waals surface area contributed by atoms with Gasteiger partial charge in [0.05, 0.1) is 12.0 Å². The van der Waals surface area contributed by atoms with E-state index in [0.29, 0.717) is 23.9 Å². The van der Waals surface area contributed by atoms with E-state index in [2.05, 4.69) is 15.0 Å². The molecule has 0 spiro atoms. The fourth-order valence-electron chi connectivity index (χ4n) is 2.16. The third kappa shape index (κ3) is 3.91. The number of aromatic amines is 1. The van der Waals surface area contributed by atoms with Gasteiger partial charge in [0.2, 0.25) is 5.95 Å². The van der Waals surface area contributed by atoms with Crippen LogP contribution in [0.3, 0.4) is 0 Å². The highest BCUT2D eigenvalue weighted by Gasteiger charge is 2.06. The molecule has 0 saturated carbocycles. The van der Waals surface area contributed by atoms with Gasteiger partial charge in [-0.25, -0.2) is 4.98 Å². The zero-order valence-electron chi connectivity index (χ0n) is 12.1. The summed E-state index contributed by atoms with van der Waals surface area (Å²) in [5.41, 5.74) is 0.763. The van der Waals surface area contributed by atoms with Crippen LogP contribution in [0.25, 0.3) is 11.0 Å². The van der Waals surface area contributed by atoms with Gasteiger partial charge in [-0.15, -0.1) is 0 Å². The second-order valence-electron chi connectivity index (χ2n) is 4.95. The van der Waals surface area contributed by atoms with Crippen LogP contribution in [0, 0.1) is 5.95 Å². The molecule has 0 radical (unpaired) electrons. The zero-order chi connectivity index (χ0) is 16.2. The summed E-state index contributed by atoms with van der Waals surface area (Å²) in [6.07, 6.45) is 0.686. The van der Waals surface area contributed by atoms with Crippen molar-refractivity contribution in [2.45, 2.75) is 13.0 Å². The predicted octanol–water partition coefficient (Wildman–Crippen LogP) is 2.87. The summed E-state index contributed by atoms with van der Waals surface area (Å²) < 4.78 is 18.6. The minimum atomic E-state index is -0.677. The van der Waals surface area contributed by atoms with Crippen molar-refractivity contribution in [1.82, 2.24) is 15.0 Å². The lowest BCUT2D eigenvalue weighted by Crippen LogP contribution is -2.14. The summed E-state index contributed by atoms with van der Waals surface area (Å²) in [6, 6.07) is 9.99. The number of ether oxygens (including phenoxy) is 1. The summed E-state index contributed by atoms with van der Waals surface area (Å²) >= 11 is 5.91. The molecule has 3 aromatic rings. The number of aromatic nitrogens is 3. The van der Waals surface area contributed by atoms with Gasteiger partial charge in [-0.2, -0.15) is 9.37 Å². The summed E-state index contributed by atoms with van der Waals surface area (Å²) in [7, 11) is 0. The molecule has 0 saturated heterocycles. The van der Waals surface area contributed by atoms with Crippen LogP contribution >= 0.6 is 11.6 Å². The summed E-state index contributed by atoms with van der Waals surface area (Å²) in [5, 5.41) is 0.921. The first-order valence-electron chi connectivity index (χ1n) is 6.99. The standard InChI is InChI=1S/C16H13ClFN3O2/c17-11-3-1-2-10(8-11)6-7-23-9-14-20-15-12(16(22)21-14)4-5-13(18)19-15/h1-5,8H,6-7,9H2,(H,19,20,21,22). The number of pyridine rings is 1. The molecule has 0 bridgehead atoms. The number of H-pyrrole nitrogens is 1. The SMILES string of the molecule is O=c1[nH]c(COCCc2cccc(Cl)c2)nc2nc(F)ccc12. The molecule has 1 aromatic carbocycles. The quantitative estimate of drug-likeness (QED) is 0.576. The van der Waals surface area contributed by atoms with E-state index in [1.165, 1.54) is 6.07 Å². The molecular weight excluding hydrogens is 321 g/mol. The first kappa shape index (κ1) is 15.6. The average Bonchev–Trinajstić information content (AvgIpc) is 2.51. The van der Waals surface area contributed by atoms with Crippen LogP contribution in [0.5, 0.6) is 0 Å². The van der Waals surface area contributed by atoms with Crippen LogP contribution in [-0.2, 0) is 17.8 Å². The molecule has 2 heterocycles. The molecule has 5 nitrogen and oxygen atoms in total. The van der Waals surface area contributed by atoms with E-state index in [4.69, 9.17) is 16.3 Å². The molecule has 3 rings (SSSR count). The molecule has 23 heavy (non-hydrogen) atoms. The highest BCUT2D eigenvalue weighted by molar-refractivity contribution is 6.30. The minimum absolute atomic E-state index is 0.0715. The summed E-state index contributed by atoms with van der Waals surface area (Å²) in [5.74, 6) is -0.366. The lowest BCUT2D eigenvalue weighted by atomic mass is 10.2. The second-order valence-corrected chi connectivity index (χ2v) is 5.39. The topological polar surface area (TPSA) is 67.9 Å². The highest BCUT2D eigenvalue weighted by Crippen LogP contribution is 2.11. The van der Waals surface area contributed by atoms with Crippen molar-refractivity contribution >= 4 is 22.6 Å². The highest BCUT2D eigenvalue weighted by atomic mass is 35.5. The summed E-state index contributed by atoms with van der Waals surface area (Å²) in [4.78, 5) is 22.2. The predicted molar refractivity (Wildman–Crippen MR) is 84.9 cm³/mol. The number of hydrogen-bond acceptors (Lipinski definition) is 4. The van der Waals surface area contributed by atoms with E-state index in [0.717, 1.165) is 11.6 Å². The number of nitrogens with zero attached hydrogens (tertiary/aromatic N) is 2. The molecule has 2 aromatic heterocycles. The average molecular weight is 334 g/mol. The second kappa shape index (κ2) is 6.85. The molecule has 0 aliphatic rings. The molecule has 0 atom stereocenters. The molecule has 0 fully saturated rings. The Morgan fingerprint density at radius 3 is 2.91 bits per heavy atom. The Bertz CT molecular complexity index is 898. The van der Waals surface area contributed by atoms with Gasteiger partial charge in [0.1, 0.15) is 12.4 Å². The Hall–Kier alpha value is -2.31. The molecule has 0 amide bonds. The van der Waals surface area contributed by atoms with Crippen LogP contribution in [0.4, 0.5) is 4.39 Å². The number of rotatable bonds is 5. The maximum atomic E-state index is 13.1. The third-order valence-corrected chi connectivity index (χ3v) is 3.48. The number of nitrogens with one attached hydrogen (secondary N) is 1. The Kier molecular flexibility index (Phi) is 4.64. The monoisotopic (exact) mass is 333 g/mol. The minimum Gasteiger partial charge on any atom is -0.373 e.